The standard InChI is InChI=1S/C17H18N2O4S2/c1-13(20)14-2-4-16(5-3-14)25(22,23)19-9-7-18(8-10-19)17(21)15-6-11-24-12-15/h2-6,11-12H,7-10H2,1H3. The van der Waals surface area contributed by atoms with Gasteiger partial charge in [0.05, 0.1) is 10.5 Å². The van der Waals surface area contributed by atoms with Gasteiger partial charge in [-0.3, -0.25) is 9.59 Å². The van der Waals surface area contributed by atoms with Crippen molar-refractivity contribution in [3.8, 4) is 0 Å². The lowest BCUT2D eigenvalue weighted by Gasteiger charge is -2.33. The fourth-order valence-corrected chi connectivity index (χ4v) is 4.76. The molecule has 0 aliphatic carbocycles. The van der Waals surface area contributed by atoms with Crippen LogP contribution in [0.4, 0.5) is 0 Å². The smallest absolute Gasteiger partial charge is 0.254 e. The summed E-state index contributed by atoms with van der Waals surface area (Å²) in [7, 11) is -3.62. The van der Waals surface area contributed by atoms with Crippen LogP contribution in [-0.2, 0) is 10.0 Å². The molecule has 1 amide bonds. The fraction of sp³-hybridized carbons (Fsp3) is 0.294. The SMILES string of the molecule is CC(=O)c1ccc(S(=O)(=O)N2CCN(C(=O)c3ccsc3)CC2)cc1. The van der Waals surface area contributed by atoms with E-state index >= 15 is 0 Å². The molecular weight excluding hydrogens is 360 g/mol. The van der Waals surface area contributed by atoms with E-state index < -0.39 is 10.0 Å². The zero-order valence-corrected chi connectivity index (χ0v) is 15.3. The Labute approximate surface area is 150 Å². The number of ketones is 1. The zero-order valence-electron chi connectivity index (χ0n) is 13.7. The van der Waals surface area contributed by atoms with Gasteiger partial charge in [0, 0.05) is 37.1 Å². The van der Waals surface area contributed by atoms with E-state index in [1.165, 1.54) is 46.8 Å². The minimum absolute atomic E-state index is 0.0656. The molecule has 2 aromatic rings. The van der Waals surface area contributed by atoms with Gasteiger partial charge in [0.1, 0.15) is 0 Å². The number of thiophene rings is 1. The molecule has 132 valence electrons. The van der Waals surface area contributed by atoms with Crippen LogP contribution in [0.3, 0.4) is 0 Å². The first-order valence-electron chi connectivity index (χ1n) is 7.82. The first-order chi connectivity index (χ1) is 11.9. The van der Waals surface area contributed by atoms with E-state index in [0.717, 1.165) is 0 Å². The van der Waals surface area contributed by atoms with Crippen LogP contribution in [0.5, 0.6) is 0 Å². The summed E-state index contributed by atoms with van der Waals surface area (Å²) in [6, 6.07) is 7.72. The van der Waals surface area contributed by atoms with Crippen LogP contribution < -0.4 is 0 Å². The largest absolute Gasteiger partial charge is 0.336 e. The first kappa shape index (κ1) is 17.8. The predicted molar refractivity (Wildman–Crippen MR) is 95.4 cm³/mol. The number of benzene rings is 1. The first-order valence-corrected chi connectivity index (χ1v) is 10.2. The number of nitrogens with zero attached hydrogens (tertiary/aromatic N) is 2. The van der Waals surface area contributed by atoms with Gasteiger partial charge in [-0.25, -0.2) is 8.42 Å². The van der Waals surface area contributed by atoms with Gasteiger partial charge in [0.2, 0.25) is 10.0 Å². The van der Waals surface area contributed by atoms with Crippen molar-refractivity contribution in [2.45, 2.75) is 11.8 Å². The molecule has 0 spiro atoms. The maximum atomic E-state index is 12.7. The average molecular weight is 378 g/mol. The van der Waals surface area contributed by atoms with Gasteiger partial charge in [-0.1, -0.05) is 12.1 Å². The third kappa shape index (κ3) is 3.65. The zero-order chi connectivity index (χ0) is 18.0. The van der Waals surface area contributed by atoms with Gasteiger partial charge in [-0.2, -0.15) is 15.6 Å². The van der Waals surface area contributed by atoms with E-state index in [-0.39, 0.29) is 29.7 Å². The van der Waals surface area contributed by atoms with Crippen LogP contribution in [0.1, 0.15) is 27.6 Å². The van der Waals surface area contributed by atoms with Gasteiger partial charge < -0.3 is 4.90 Å². The summed E-state index contributed by atoms with van der Waals surface area (Å²) in [5.41, 5.74) is 1.12. The Balaban J connectivity index is 1.69. The van der Waals surface area contributed by atoms with Crippen LogP contribution in [0.25, 0.3) is 0 Å². The van der Waals surface area contributed by atoms with Crippen molar-refractivity contribution in [1.29, 1.82) is 0 Å². The molecule has 0 saturated carbocycles. The molecule has 0 N–H and O–H groups in total. The normalized spacial score (nSPS) is 16.0. The molecule has 0 unspecified atom stereocenters. The number of amides is 1. The lowest BCUT2D eigenvalue weighted by atomic mass is 10.2. The Morgan fingerprint density at radius 3 is 2.12 bits per heavy atom. The van der Waals surface area contributed by atoms with Crippen LogP contribution in [0, 0.1) is 0 Å². The molecule has 0 atom stereocenters. The predicted octanol–water partition coefficient (Wildman–Crippen LogP) is 2.10. The molecule has 1 aliphatic heterocycles. The number of carbonyl (C=O) groups excluding carboxylic acids is 2. The lowest BCUT2D eigenvalue weighted by molar-refractivity contribution is 0.0698. The van der Waals surface area contributed by atoms with E-state index in [4.69, 9.17) is 0 Å². The number of piperazine rings is 1. The van der Waals surface area contributed by atoms with Crippen molar-refractivity contribution in [2.75, 3.05) is 26.2 Å². The summed E-state index contributed by atoms with van der Waals surface area (Å²) in [6.45, 7) is 2.67. The second kappa shape index (κ2) is 7.07. The maximum absolute atomic E-state index is 12.7. The summed E-state index contributed by atoms with van der Waals surface area (Å²) in [5, 5.41) is 3.64. The van der Waals surface area contributed by atoms with Crippen molar-refractivity contribution >= 4 is 33.1 Å². The molecular formula is C17H18N2O4S2. The van der Waals surface area contributed by atoms with Crippen molar-refractivity contribution < 1.29 is 18.0 Å². The van der Waals surface area contributed by atoms with Crippen molar-refractivity contribution in [1.82, 2.24) is 9.21 Å². The molecule has 1 aromatic heterocycles. The highest BCUT2D eigenvalue weighted by Gasteiger charge is 2.30. The Kier molecular flexibility index (Phi) is 5.03. The number of rotatable bonds is 4. The summed E-state index contributed by atoms with van der Waals surface area (Å²) < 4.78 is 26.8. The van der Waals surface area contributed by atoms with Crippen LogP contribution >= 0.6 is 11.3 Å². The van der Waals surface area contributed by atoms with Gasteiger partial charge in [0.15, 0.2) is 5.78 Å². The molecule has 8 heteroatoms. The minimum Gasteiger partial charge on any atom is -0.336 e. The molecule has 1 aromatic carbocycles. The third-order valence-corrected chi connectivity index (χ3v) is 6.79. The van der Waals surface area contributed by atoms with E-state index in [2.05, 4.69) is 0 Å². The van der Waals surface area contributed by atoms with Gasteiger partial charge >= 0.3 is 0 Å². The number of Topliss-reactive ketones (excluding diaryl/α,β-unsaturated/α-hetero) is 1. The van der Waals surface area contributed by atoms with Crippen LogP contribution in [0.15, 0.2) is 46.0 Å². The minimum atomic E-state index is -3.62. The topological polar surface area (TPSA) is 74.8 Å². The second-order valence-corrected chi connectivity index (χ2v) is 8.51. The molecule has 1 aliphatic rings. The molecule has 6 nitrogen and oxygen atoms in total. The van der Waals surface area contributed by atoms with Crippen molar-refractivity contribution in [3.05, 3.63) is 52.2 Å². The summed E-state index contributed by atoms with van der Waals surface area (Å²) in [4.78, 5) is 25.5. The third-order valence-electron chi connectivity index (χ3n) is 4.19. The molecule has 1 saturated heterocycles. The Morgan fingerprint density at radius 1 is 0.960 bits per heavy atom. The molecule has 1 fully saturated rings. The Hall–Kier alpha value is -2.03. The van der Waals surface area contributed by atoms with E-state index in [0.29, 0.717) is 24.2 Å². The van der Waals surface area contributed by atoms with E-state index in [1.54, 1.807) is 16.3 Å². The molecule has 25 heavy (non-hydrogen) atoms. The highest BCUT2D eigenvalue weighted by molar-refractivity contribution is 7.89. The molecule has 0 radical (unpaired) electrons. The van der Waals surface area contributed by atoms with E-state index in [1.807, 2.05) is 5.38 Å². The van der Waals surface area contributed by atoms with Crippen molar-refractivity contribution in [2.24, 2.45) is 0 Å². The Morgan fingerprint density at radius 2 is 1.60 bits per heavy atom. The Bertz CT molecular complexity index is 866. The highest BCUT2D eigenvalue weighted by Crippen LogP contribution is 2.19. The maximum Gasteiger partial charge on any atom is 0.254 e. The van der Waals surface area contributed by atoms with Gasteiger partial charge in [-0.05, 0) is 30.5 Å². The number of hydrogen-bond donors (Lipinski definition) is 0. The van der Waals surface area contributed by atoms with Gasteiger partial charge in [0.25, 0.3) is 5.91 Å². The molecule has 0 bridgehead atoms. The van der Waals surface area contributed by atoms with Gasteiger partial charge in [-0.15, -0.1) is 0 Å². The monoisotopic (exact) mass is 378 g/mol. The van der Waals surface area contributed by atoms with Crippen molar-refractivity contribution in [3.63, 3.8) is 0 Å². The second-order valence-electron chi connectivity index (χ2n) is 5.79. The fourth-order valence-electron chi connectivity index (χ4n) is 2.71. The summed E-state index contributed by atoms with van der Waals surface area (Å²) in [6.07, 6.45) is 0. The van der Waals surface area contributed by atoms with E-state index in [9.17, 15) is 18.0 Å². The summed E-state index contributed by atoms with van der Waals surface area (Å²) >= 11 is 1.46. The lowest BCUT2D eigenvalue weighted by Crippen LogP contribution is -2.50. The number of sulfonamides is 1. The average Bonchev–Trinajstić information content (AvgIpc) is 3.16. The quantitative estimate of drug-likeness (QED) is 0.764. The van der Waals surface area contributed by atoms with Crippen LogP contribution in [-0.4, -0.2) is 55.5 Å². The molecule has 3 rings (SSSR count). The van der Waals surface area contributed by atoms with Crippen LogP contribution in [0.2, 0.25) is 0 Å². The summed E-state index contributed by atoms with van der Waals surface area (Å²) in [5.74, 6) is -0.173. The highest BCUT2D eigenvalue weighted by atomic mass is 32.2. The number of carbonyl (C=O) groups is 2. The number of hydrogen-bond acceptors (Lipinski definition) is 5. The molecule has 2 heterocycles.